The number of carboxylic acids is 1. The van der Waals surface area contributed by atoms with Crippen molar-refractivity contribution in [3.8, 4) is 5.75 Å². The number of carboxylic acid groups (broad SMARTS) is 1. The quantitative estimate of drug-likeness (QED) is 0.814. The van der Waals surface area contributed by atoms with Crippen LogP contribution in [0.15, 0.2) is 41.3 Å². The number of halogens is 2. The van der Waals surface area contributed by atoms with Crippen LogP contribution in [0, 0.1) is 0 Å². The van der Waals surface area contributed by atoms with Crippen LogP contribution in [0.1, 0.15) is 15.9 Å². The van der Waals surface area contributed by atoms with Gasteiger partial charge in [0.2, 0.25) is 10.0 Å². The summed E-state index contributed by atoms with van der Waals surface area (Å²) in [5.41, 5.74) is 0.232. The predicted octanol–water partition coefficient (Wildman–Crippen LogP) is 1.84. The average molecular weight is 389 g/mol. The van der Waals surface area contributed by atoms with Crippen molar-refractivity contribution in [3.63, 3.8) is 0 Å². The van der Waals surface area contributed by atoms with Crippen molar-refractivity contribution in [1.82, 2.24) is 4.72 Å². The van der Waals surface area contributed by atoms with Gasteiger partial charge in [0.15, 0.2) is 0 Å². The number of carbonyl (C=O) groups excluding carboxylic acids is 1. The summed E-state index contributed by atoms with van der Waals surface area (Å²) in [6.07, 6.45) is 0. The lowest BCUT2D eigenvalue weighted by Gasteiger charge is -2.12. The van der Waals surface area contributed by atoms with Gasteiger partial charge >= 0.3 is 0 Å². The summed E-state index contributed by atoms with van der Waals surface area (Å²) in [6, 6.07) is 8.68. The predicted molar refractivity (Wildman–Crippen MR) is 87.8 cm³/mol. The zero-order chi connectivity index (χ0) is 17.9. The summed E-state index contributed by atoms with van der Waals surface area (Å²) in [7, 11) is -2.52. The molecule has 9 heteroatoms. The highest BCUT2D eigenvalue weighted by Gasteiger charge is 2.20. The Morgan fingerprint density at radius 3 is 2.33 bits per heavy atom. The van der Waals surface area contributed by atoms with Gasteiger partial charge < -0.3 is 14.6 Å². The number of aromatic carboxylic acids is 1. The first-order chi connectivity index (χ1) is 11.2. The van der Waals surface area contributed by atoms with Gasteiger partial charge in [0, 0.05) is 12.1 Å². The second-order valence-corrected chi connectivity index (χ2v) is 7.27. The maximum absolute atomic E-state index is 12.4. The van der Waals surface area contributed by atoms with E-state index in [4.69, 9.17) is 27.9 Å². The van der Waals surface area contributed by atoms with Crippen LogP contribution < -0.4 is 14.6 Å². The van der Waals surface area contributed by atoms with E-state index in [0.717, 1.165) is 12.1 Å². The number of benzene rings is 2. The maximum Gasteiger partial charge on any atom is 0.242 e. The second kappa shape index (κ2) is 7.40. The lowest BCUT2D eigenvalue weighted by molar-refractivity contribution is -0.255. The third kappa shape index (κ3) is 4.18. The smallest absolute Gasteiger partial charge is 0.242 e. The molecular formula is C15H12Cl2NO5S-. The first-order valence-electron chi connectivity index (χ1n) is 6.57. The number of methoxy groups -OCH3 is 1. The van der Waals surface area contributed by atoms with Crippen LogP contribution >= 0.6 is 23.2 Å². The van der Waals surface area contributed by atoms with Gasteiger partial charge in [-0.25, -0.2) is 13.1 Å². The minimum atomic E-state index is -4.04. The second-order valence-electron chi connectivity index (χ2n) is 4.72. The van der Waals surface area contributed by atoms with Crippen LogP contribution in [0.5, 0.6) is 5.75 Å². The van der Waals surface area contributed by atoms with Crippen LogP contribution in [-0.2, 0) is 16.6 Å². The molecule has 2 aromatic rings. The molecule has 0 radical (unpaired) electrons. The van der Waals surface area contributed by atoms with E-state index in [9.17, 15) is 18.3 Å². The Labute approximate surface area is 149 Å². The SMILES string of the molecule is COc1ccc(CNS(=O)(=O)c2cc(C(=O)[O-])c(Cl)cc2Cl)cc1. The lowest BCUT2D eigenvalue weighted by atomic mass is 10.2. The van der Waals surface area contributed by atoms with Gasteiger partial charge in [0.05, 0.1) is 23.1 Å². The molecule has 24 heavy (non-hydrogen) atoms. The van der Waals surface area contributed by atoms with E-state index < -0.39 is 21.6 Å². The summed E-state index contributed by atoms with van der Waals surface area (Å²) in [5, 5.41) is 10.6. The summed E-state index contributed by atoms with van der Waals surface area (Å²) in [6.45, 7) is -0.00800. The Kier molecular flexibility index (Phi) is 5.71. The van der Waals surface area contributed by atoms with E-state index >= 15 is 0 Å². The normalized spacial score (nSPS) is 11.3. The summed E-state index contributed by atoms with van der Waals surface area (Å²) >= 11 is 11.6. The molecule has 6 nitrogen and oxygen atoms in total. The number of nitrogens with one attached hydrogen (secondary N) is 1. The molecule has 0 saturated carbocycles. The molecular weight excluding hydrogens is 377 g/mol. The van der Waals surface area contributed by atoms with Gasteiger partial charge in [-0.05, 0) is 29.8 Å². The largest absolute Gasteiger partial charge is 0.545 e. The monoisotopic (exact) mass is 388 g/mol. The first-order valence-corrected chi connectivity index (χ1v) is 8.81. The molecule has 0 spiro atoms. The number of hydrogen-bond donors (Lipinski definition) is 1. The molecule has 1 N–H and O–H groups in total. The molecule has 0 aliphatic rings. The van der Waals surface area contributed by atoms with Gasteiger partial charge in [0.1, 0.15) is 10.6 Å². The van der Waals surface area contributed by atoms with E-state index in [1.54, 1.807) is 24.3 Å². The fourth-order valence-corrected chi connectivity index (χ4v) is 3.76. The lowest BCUT2D eigenvalue weighted by Crippen LogP contribution is -2.26. The zero-order valence-electron chi connectivity index (χ0n) is 12.4. The molecule has 0 atom stereocenters. The standard InChI is InChI=1S/C15H13Cl2NO5S/c1-23-10-4-2-9(3-5-10)8-18-24(21,22)14-6-11(15(19)20)12(16)7-13(14)17/h2-7,18H,8H2,1H3,(H,19,20)/p-1. The highest BCUT2D eigenvalue weighted by atomic mass is 35.5. The Bertz CT molecular complexity index is 866. The van der Waals surface area contributed by atoms with E-state index in [2.05, 4.69) is 4.72 Å². The van der Waals surface area contributed by atoms with Crippen molar-refractivity contribution < 1.29 is 23.1 Å². The minimum absolute atomic E-state index is 0.00800. The number of rotatable bonds is 6. The van der Waals surface area contributed by atoms with Crippen molar-refractivity contribution in [2.45, 2.75) is 11.4 Å². The molecule has 0 heterocycles. The van der Waals surface area contributed by atoms with Crippen molar-refractivity contribution in [3.05, 3.63) is 57.6 Å². The maximum atomic E-state index is 12.4. The number of ether oxygens (including phenoxy) is 1. The summed E-state index contributed by atoms with van der Waals surface area (Å²) in [5.74, 6) is -0.954. The third-order valence-corrected chi connectivity index (χ3v) is 5.34. The van der Waals surface area contributed by atoms with Crippen molar-refractivity contribution in [2.75, 3.05) is 7.11 Å². The highest BCUT2D eigenvalue weighted by molar-refractivity contribution is 7.89. The number of hydrogen-bond acceptors (Lipinski definition) is 5. The molecule has 0 unspecified atom stereocenters. The Morgan fingerprint density at radius 2 is 1.79 bits per heavy atom. The molecule has 0 fully saturated rings. The third-order valence-electron chi connectivity index (χ3n) is 3.16. The molecule has 0 saturated heterocycles. The topological polar surface area (TPSA) is 95.5 Å². The van der Waals surface area contributed by atoms with Crippen molar-refractivity contribution in [1.29, 1.82) is 0 Å². The van der Waals surface area contributed by atoms with Gasteiger partial charge in [-0.1, -0.05) is 35.3 Å². The molecule has 0 aliphatic heterocycles. The van der Waals surface area contributed by atoms with Crippen LogP contribution in [0.2, 0.25) is 10.0 Å². The van der Waals surface area contributed by atoms with Gasteiger partial charge in [0.25, 0.3) is 0 Å². The van der Waals surface area contributed by atoms with Crippen LogP contribution in [0.25, 0.3) is 0 Å². The van der Waals surface area contributed by atoms with E-state index in [1.165, 1.54) is 7.11 Å². The fraction of sp³-hybridized carbons (Fsp3) is 0.133. The highest BCUT2D eigenvalue weighted by Crippen LogP contribution is 2.28. The average Bonchev–Trinajstić information content (AvgIpc) is 2.53. The van der Waals surface area contributed by atoms with Crippen LogP contribution in [0.3, 0.4) is 0 Å². The Hall–Kier alpha value is -1.80. The molecule has 128 valence electrons. The molecule has 0 bridgehead atoms. The fourth-order valence-electron chi connectivity index (χ4n) is 1.89. The Balaban J connectivity index is 2.26. The van der Waals surface area contributed by atoms with E-state index in [1.807, 2.05) is 0 Å². The van der Waals surface area contributed by atoms with Crippen molar-refractivity contribution in [2.24, 2.45) is 0 Å². The molecule has 0 amide bonds. The number of carbonyl (C=O) groups is 1. The number of sulfonamides is 1. The van der Waals surface area contributed by atoms with Crippen LogP contribution in [0.4, 0.5) is 0 Å². The molecule has 0 aromatic heterocycles. The zero-order valence-corrected chi connectivity index (χ0v) is 14.7. The van der Waals surface area contributed by atoms with Gasteiger partial charge in [-0.15, -0.1) is 0 Å². The first kappa shape index (κ1) is 18.5. The van der Waals surface area contributed by atoms with E-state index in [-0.39, 0.29) is 21.5 Å². The summed E-state index contributed by atoms with van der Waals surface area (Å²) in [4.78, 5) is 10.6. The van der Waals surface area contributed by atoms with Crippen molar-refractivity contribution >= 4 is 39.2 Å². The van der Waals surface area contributed by atoms with Gasteiger partial charge in [-0.3, -0.25) is 0 Å². The minimum Gasteiger partial charge on any atom is -0.545 e. The Morgan fingerprint density at radius 1 is 1.17 bits per heavy atom. The molecule has 2 rings (SSSR count). The summed E-state index contributed by atoms with van der Waals surface area (Å²) < 4.78 is 32.1. The molecule has 2 aromatic carbocycles. The van der Waals surface area contributed by atoms with E-state index in [0.29, 0.717) is 11.3 Å². The van der Waals surface area contributed by atoms with Crippen LogP contribution in [-0.4, -0.2) is 21.5 Å². The van der Waals surface area contributed by atoms with Gasteiger partial charge in [-0.2, -0.15) is 0 Å². The molecule has 0 aliphatic carbocycles.